The van der Waals surface area contributed by atoms with Gasteiger partial charge in [-0.05, 0) is 35.4 Å². The van der Waals surface area contributed by atoms with E-state index in [1.54, 1.807) is 13.3 Å². The molecule has 1 aromatic heterocycles. The molecule has 6 nitrogen and oxygen atoms in total. The lowest BCUT2D eigenvalue weighted by Crippen LogP contribution is -2.42. The molecule has 1 unspecified atom stereocenters. The third kappa shape index (κ3) is 4.18. The Bertz CT molecular complexity index is 793. The molecule has 1 aromatic carbocycles. The van der Waals surface area contributed by atoms with Crippen LogP contribution in [0.5, 0.6) is 5.88 Å². The molecule has 1 atom stereocenters. The minimum absolute atomic E-state index is 0.0400. The predicted octanol–water partition coefficient (Wildman–Crippen LogP) is 2.42. The van der Waals surface area contributed by atoms with Crippen molar-refractivity contribution < 1.29 is 14.6 Å². The van der Waals surface area contributed by atoms with Crippen molar-refractivity contribution in [1.82, 2.24) is 15.2 Å². The van der Waals surface area contributed by atoms with E-state index in [0.29, 0.717) is 25.1 Å². The number of hydrogen-bond acceptors (Lipinski definition) is 5. The third-order valence-corrected chi connectivity index (χ3v) is 5.83. The molecule has 2 heterocycles. The molecular formula is C22H27N3O3. The second kappa shape index (κ2) is 8.29. The van der Waals surface area contributed by atoms with E-state index < -0.39 is 0 Å². The number of amides is 1. The Morgan fingerprint density at radius 2 is 1.96 bits per heavy atom. The summed E-state index contributed by atoms with van der Waals surface area (Å²) in [5.41, 5.74) is 3.67. The number of fused-ring (bicyclic) bond motifs is 1. The van der Waals surface area contributed by atoms with Crippen molar-refractivity contribution in [3.8, 4) is 5.88 Å². The number of benzene rings is 1. The largest absolute Gasteiger partial charge is 0.481 e. The topological polar surface area (TPSA) is 74.7 Å². The zero-order valence-corrected chi connectivity index (χ0v) is 16.2. The SMILES string of the molecule is COc1ccc(C(NC(=O)CCN2Cc3ccccc3C2)C2CC(O)C2)cn1. The van der Waals surface area contributed by atoms with Crippen molar-refractivity contribution >= 4 is 5.91 Å². The second-order valence-electron chi connectivity index (χ2n) is 7.79. The molecule has 1 aliphatic carbocycles. The Balaban J connectivity index is 1.34. The Kier molecular flexibility index (Phi) is 5.59. The average Bonchev–Trinajstić information content (AvgIpc) is 3.11. The normalized spacial score (nSPS) is 22.2. The van der Waals surface area contributed by atoms with Gasteiger partial charge in [-0.25, -0.2) is 4.98 Å². The molecule has 2 aliphatic rings. The number of pyridine rings is 1. The molecule has 0 bridgehead atoms. The fraction of sp³-hybridized carbons (Fsp3) is 0.455. The minimum atomic E-state index is -0.265. The quantitative estimate of drug-likeness (QED) is 0.771. The number of nitrogens with zero attached hydrogens (tertiary/aromatic N) is 2. The number of carbonyl (C=O) groups is 1. The fourth-order valence-electron chi connectivity index (χ4n) is 4.14. The van der Waals surface area contributed by atoms with E-state index in [1.165, 1.54) is 11.1 Å². The van der Waals surface area contributed by atoms with Crippen LogP contribution in [0, 0.1) is 5.92 Å². The van der Waals surface area contributed by atoms with Crippen molar-refractivity contribution in [2.24, 2.45) is 5.92 Å². The van der Waals surface area contributed by atoms with Crippen LogP contribution in [-0.4, -0.2) is 40.7 Å². The van der Waals surface area contributed by atoms with E-state index in [9.17, 15) is 9.90 Å². The Morgan fingerprint density at radius 3 is 2.54 bits per heavy atom. The molecule has 6 heteroatoms. The molecule has 1 saturated carbocycles. The van der Waals surface area contributed by atoms with Crippen molar-refractivity contribution in [3.05, 3.63) is 59.3 Å². The van der Waals surface area contributed by atoms with Gasteiger partial charge in [0.2, 0.25) is 11.8 Å². The van der Waals surface area contributed by atoms with Gasteiger partial charge in [0.25, 0.3) is 0 Å². The lowest BCUT2D eigenvalue weighted by Gasteiger charge is -2.38. The smallest absolute Gasteiger partial charge is 0.221 e. The summed E-state index contributed by atoms with van der Waals surface area (Å²) in [6.45, 7) is 2.55. The van der Waals surface area contributed by atoms with Crippen LogP contribution < -0.4 is 10.1 Å². The molecule has 0 saturated heterocycles. The first-order chi connectivity index (χ1) is 13.6. The van der Waals surface area contributed by atoms with Gasteiger partial charge in [-0.2, -0.15) is 0 Å². The number of aromatic nitrogens is 1. The first kappa shape index (κ1) is 18.9. The highest BCUT2D eigenvalue weighted by Gasteiger charge is 2.36. The van der Waals surface area contributed by atoms with Gasteiger partial charge in [-0.15, -0.1) is 0 Å². The molecule has 0 radical (unpaired) electrons. The van der Waals surface area contributed by atoms with E-state index in [-0.39, 0.29) is 24.0 Å². The Labute approximate surface area is 165 Å². The summed E-state index contributed by atoms with van der Waals surface area (Å²) in [5, 5.41) is 12.9. The number of hydrogen-bond donors (Lipinski definition) is 2. The van der Waals surface area contributed by atoms with Crippen molar-refractivity contribution in [2.45, 2.75) is 44.5 Å². The minimum Gasteiger partial charge on any atom is -0.481 e. The van der Waals surface area contributed by atoms with Crippen LogP contribution in [0.25, 0.3) is 0 Å². The van der Waals surface area contributed by atoms with E-state index in [2.05, 4.69) is 39.5 Å². The molecule has 148 valence electrons. The summed E-state index contributed by atoms with van der Waals surface area (Å²) in [4.78, 5) is 19.2. The molecule has 4 rings (SSSR count). The van der Waals surface area contributed by atoms with Crippen LogP contribution in [0.2, 0.25) is 0 Å². The summed E-state index contributed by atoms with van der Waals surface area (Å²) in [6, 6.07) is 12.1. The van der Waals surface area contributed by atoms with Crippen molar-refractivity contribution in [2.75, 3.05) is 13.7 Å². The molecular weight excluding hydrogens is 354 g/mol. The van der Waals surface area contributed by atoms with Crippen LogP contribution in [0.4, 0.5) is 0 Å². The first-order valence-electron chi connectivity index (χ1n) is 9.89. The van der Waals surface area contributed by atoms with Crippen molar-refractivity contribution in [3.63, 3.8) is 0 Å². The van der Waals surface area contributed by atoms with Gasteiger partial charge < -0.3 is 15.2 Å². The van der Waals surface area contributed by atoms with Crippen LogP contribution in [-0.2, 0) is 17.9 Å². The molecule has 0 spiro atoms. The van der Waals surface area contributed by atoms with Gasteiger partial charge in [0.15, 0.2) is 0 Å². The summed E-state index contributed by atoms with van der Waals surface area (Å²) < 4.78 is 5.13. The maximum atomic E-state index is 12.7. The van der Waals surface area contributed by atoms with E-state index in [4.69, 9.17) is 4.74 Å². The van der Waals surface area contributed by atoms with Gasteiger partial charge in [-0.3, -0.25) is 9.69 Å². The maximum absolute atomic E-state index is 12.7. The highest BCUT2D eigenvalue weighted by molar-refractivity contribution is 5.76. The predicted molar refractivity (Wildman–Crippen MR) is 106 cm³/mol. The number of carbonyl (C=O) groups excluding carboxylic acids is 1. The molecule has 1 aliphatic heterocycles. The Hall–Kier alpha value is -2.44. The van der Waals surface area contributed by atoms with Gasteiger partial charge in [0.05, 0.1) is 19.3 Å². The number of rotatable bonds is 7. The lowest BCUT2D eigenvalue weighted by atomic mass is 9.75. The Morgan fingerprint density at radius 1 is 1.25 bits per heavy atom. The first-order valence-corrected chi connectivity index (χ1v) is 9.89. The van der Waals surface area contributed by atoms with Crippen LogP contribution in [0.3, 0.4) is 0 Å². The molecule has 2 aromatic rings. The summed E-state index contributed by atoms with van der Waals surface area (Å²) in [6.07, 6.45) is 3.37. The average molecular weight is 381 g/mol. The highest BCUT2D eigenvalue weighted by atomic mass is 16.5. The lowest BCUT2D eigenvalue weighted by molar-refractivity contribution is -0.123. The summed E-state index contributed by atoms with van der Waals surface area (Å²) in [5.74, 6) is 0.833. The van der Waals surface area contributed by atoms with Gasteiger partial charge in [0.1, 0.15) is 0 Å². The van der Waals surface area contributed by atoms with Gasteiger partial charge in [0, 0.05) is 38.3 Å². The molecule has 2 N–H and O–H groups in total. The second-order valence-corrected chi connectivity index (χ2v) is 7.79. The number of aliphatic hydroxyl groups excluding tert-OH is 1. The monoisotopic (exact) mass is 381 g/mol. The maximum Gasteiger partial charge on any atom is 0.221 e. The zero-order chi connectivity index (χ0) is 19.5. The number of methoxy groups -OCH3 is 1. The summed E-state index contributed by atoms with van der Waals surface area (Å²) in [7, 11) is 1.58. The number of nitrogens with one attached hydrogen (secondary N) is 1. The van der Waals surface area contributed by atoms with Crippen LogP contribution in [0.1, 0.15) is 42.0 Å². The van der Waals surface area contributed by atoms with E-state index in [1.807, 2.05) is 12.1 Å². The molecule has 28 heavy (non-hydrogen) atoms. The molecule has 1 amide bonds. The van der Waals surface area contributed by atoms with Crippen LogP contribution in [0.15, 0.2) is 42.6 Å². The van der Waals surface area contributed by atoms with E-state index in [0.717, 1.165) is 25.2 Å². The number of aliphatic hydroxyl groups is 1. The molecule has 1 fully saturated rings. The van der Waals surface area contributed by atoms with Crippen LogP contribution >= 0.6 is 0 Å². The van der Waals surface area contributed by atoms with Gasteiger partial charge >= 0.3 is 0 Å². The zero-order valence-electron chi connectivity index (χ0n) is 16.2. The van der Waals surface area contributed by atoms with Gasteiger partial charge in [-0.1, -0.05) is 30.3 Å². The highest BCUT2D eigenvalue weighted by Crippen LogP contribution is 2.38. The number of ether oxygens (including phenoxy) is 1. The van der Waals surface area contributed by atoms with E-state index >= 15 is 0 Å². The van der Waals surface area contributed by atoms with Crippen molar-refractivity contribution in [1.29, 1.82) is 0 Å². The standard InChI is InChI=1S/C22H27N3O3/c1-28-21-7-6-15(12-23-21)22(18-10-19(26)11-18)24-20(27)8-9-25-13-16-4-2-3-5-17(16)14-25/h2-7,12,18-19,22,26H,8-11,13-14H2,1H3,(H,24,27). The third-order valence-electron chi connectivity index (χ3n) is 5.83. The summed E-state index contributed by atoms with van der Waals surface area (Å²) >= 11 is 0. The fourth-order valence-corrected chi connectivity index (χ4v) is 4.14.